The van der Waals surface area contributed by atoms with Gasteiger partial charge in [-0.15, -0.1) is 0 Å². The van der Waals surface area contributed by atoms with Gasteiger partial charge in [-0.05, 0) is 23.6 Å². The van der Waals surface area contributed by atoms with Gasteiger partial charge in [0.2, 0.25) is 0 Å². The van der Waals surface area contributed by atoms with Crippen molar-refractivity contribution >= 4 is 27.4 Å². The smallest absolute Gasteiger partial charge is 0.169 e. The van der Waals surface area contributed by atoms with Crippen molar-refractivity contribution < 1.29 is 13.5 Å². The highest BCUT2D eigenvalue weighted by molar-refractivity contribution is 8.01. The predicted octanol–water partition coefficient (Wildman–Crippen LogP) is 1.62. The SMILES string of the molecule is CC(C)c1cc(CO)cc(N2CCSCC2S(C)(=O)=O)n1. The largest absolute Gasteiger partial charge is 0.392 e. The zero-order chi connectivity index (χ0) is 15.6. The summed E-state index contributed by atoms with van der Waals surface area (Å²) in [4.78, 5) is 6.47. The maximum Gasteiger partial charge on any atom is 0.169 e. The van der Waals surface area contributed by atoms with E-state index in [1.54, 1.807) is 17.8 Å². The minimum Gasteiger partial charge on any atom is -0.392 e. The van der Waals surface area contributed by atoms with Crippen LogP contribution in [0.4, 0.5) is 5.82 Å². The standard InChI is InChI=1S/C14H22N2O3S2/c1-10(2)12-6-11(8-17)7-13(15-12)16-4-5-20-9-14(16)21(3,18)19/h6-7,10,14,17H,4-5,8-9H2,1-3H3. The molecular formula is C14H22N2O3S2. The van der Waals surface area contributed by atoms with Gasteiger partial charge < -0.3 is 10.0 Å². The van der Waals surface area contributed by atoms with Crippen LogP contribution in [-0.4, -0.2) is 48.2 Å². The quantitative estimate of drug-likeness (QED) is 0.905. The lowest BCUT2D eigenvalue weighted by atomic mass is 10.1. The van der Waals surface area contributed by atoms with Crippen LogP contribution >= 0.6 is 11.8 Å². The number of pyridine rings is 1. The predicted molar refractivity (Wildman–Crippen MR) is 87.6 cm³/mol. The van der Waals surface area contributed by atoms with Crippen molar-refractivity contribution in [2.75, 3.05) is 29.2 Å². The van der Waals surface area contributed by atoms with Crippen LogP contribution in [0.5, 0.6) is 0 Å². The van der Waals surface area contributed by atoms with Crippen molar-refractivity contribution in [3.8, 4) is 0 Å². The van der Waals surface area contributed by atoms with E-state index in [1.807, 2.05) is 24.8 Å². The number of aromatic nitrogens is 1. The van der Waals surface area contributed by atoms with Gasteiger partial charge >= 0.3 is 0 Å². The first-order valence-electron chi connectivity index (χ1n) is 6.98. The highest BCUT2D eigenvalue weighted by atomic mass is 32.2. The van der Waals surface area contributed by atoms with Crippen molar-refractivity contribution in [2.45, 2.75) is 31.7 Å². The summed E-state index contributed by atoms with van der Waals surface area (Å²) in [6.07, 6.45) is 1.27. The number of sulfone groups is 1. The molecule has 0 aliphatic carbocycles. The van der Waals surface area contributed by atoms with Gasteiger partial charge in [0.1, 0.15) is 11.2 Å². The Labute approximate surface area is 130 Å². The number of rotatable bonds is 4. The number of aliphatic hydroxyl groups excluding tert-OH is 1. The normalized spacial score (nSPS) is 20.0. The Morgan fingerprint density at radius 2 is 2.19 bits per heavy atom. The molecular weight excluding hydrogens is 308 g/mol. The van der Waals surface area contributed by atoms with E-state index in [4.69, 9.17) is 0 Å². The fourth-order valence-corrected chi connectivity index (χ4v) is 5.15. The van der Waals surface area contributed by atoms with Gasteiger partial charge in [0.25, 0.3) is 0 Å². The number of anilines is 1. The molecule has 0 saturated carbocycles. The van der Waals surface area contributed by atoms with Crippen LogP contribution in [0.2, 0.25) is 0 Å². The van der Waals surface area contributed by atoms with Crippen LogP contribution in [0.25, 0.3) is 0 Å². The first-order valence-corrected chi connectivity index (χ1v) is 10.1. The van der Waals surface area contributed by atoms with Gasteiger partial charge in [0, 0.05) is 30.0 Å². The van der Waals surface area contributed by atoms with Crippen molar-refractivity contribution in [3.63, 3.8) is 0 Å². The van der Waals surface area contributed by atoms with Gasteiger partial charge in [-0.2, -0.15) is 11.8 Å². The van der Waals surface area contributed by atoms with Gasteiger partial charge in [-0.1, -0.05) is 13.8 Å². The van der Waals surface area contributed by atoms with E-state index in [1.165, 1.54) is 6.26 Å². The van der Waals surface area contributed by atoms with Crippen LogP contribution in [0, 0.1) is 0 Å². The van der Waals surface area contributed by atoms with Gasteiger partial charge in [0.15, 0.2) is 9.84 Å². The first-order chi connectivity index (χ1) is 9.82. The molecule has 0 radical (unpaired) electrons. The van der Waals surface area contributed by atoms with Crippen molar-refractivity contribution in [3.05, 3.63) is 23.4 Å². The number of nitrogens with zero attached hydrogens (tertiary/aromatic N) is 2. The molecule has 1 unspecified atom stereocenters. The van der Waals surface area contributed by atoms with Crippen molar-refractivity contribution in [2.24, 2.45) is 0 Å². The summed E-state index contributed by atoms with van der Waals surface area (Å²) in [5, 5.41) is 8.88. The molecule has 21 heavy (non-hydrogen) atoms. The average Bonchev–Trinajstić information content (AvgIpc) is 2.45. The van der Waals surface area contributed by atoms with E-state index in [-0.39, 0.29) is 12.5 Å². The Balaban J connectivity index is 2.45. The highest BCUT2D eigenvalue weighted by Crippen LogP contribution is 2.28. The molecule has 1 atom stereocenters. The fraction of sp³-hybridized carbons (Fsp3) is 0.643. The molecule has 1 fully saturated rings. The lowest BCUT2D eigenvalue weighted by molar-refractivity contribution is 0.281. The second kappa shape index (κ2) is 6.54. The van der Waals surface area contributed by atoms with E-state index in [2.05, 4.69) is 4.98 Å². The Hall–Kier alpha value is -0.790. The van der Waals surface area contributed by atoms with Crippen molar-refractivity contribution in [1.29, 1.82) is 0 Å². The van der Waals surface area contributed by atoms with E-state index in [0.29, 0.717) is 18.1 Å². The van der Waals surface area contributed by atoms with Gasteiger partial charge in [0.05, 0.1) is 6.61 Å². The molecule has 1 aliphatic rings. The molecule has 0 aromatic carbocycles. The maximum absolute atomic E-state index is 12.0. The zero-order valence-electron chi connectivity index (χ0n) is 12.6. The third-order valence-electron chi connectivity index (χ3n) is 3.54. The van der Waals surface area contributed by atoms with Crippen LogP contribution in [0.15, 0.2) is 12.1 Å². The Bertz CT molecular complexity index is 602. The summed E-state index contributed by atoms with van der Waals surface area (Å²) in [7, 11) is -3.17. The molecule has 7 heteroatoms. The number of aliphatic hydroxyl groups is 1. The van der Waals surface area contributed by atoms with Crippen LogP contribution in [0.1, 0.15) is 31.0 Å². The van der Waals surface area contributed by atoms with Crippen LogP contribution in [0.3, 0.4) is 0 Å². The molecule has 0 amide bonds. The number of thioether (sulfide) groups is 1. The minimum atomic E-state index is -3.17. The van der Waals surface area contributed by atoms with Crippen molar-refractivity contribution in [1.82, 2.24) is 4.98 Å². The molecule has 1 aromatic rings. The van der Waals surface area contributed by atoms with Crippen LogP contribution < -0.4 is 4.90 Å². The molecule has 5 nitrogen and oxygen atoms in total. The lowest BCUT2D eigenvalue weighted by Gasteiger charge is -2.35. The molecule has 1 aromatic heterocycles. The summed E-state index contributed by atoms with van der Waals surface area (Å²) in [6, 6.07) is 3.67. The molecule has 0 spiro atoms. The Kier molecular flexibility index (Phi) is 5.16. The summed E-state index contributed by atoms with van der Waals surface area (Å²) in [5.74, 6) is 2.32. The number of hydrogen-bond acceptors (Lipinski definition) is 6. The van der Waals surface area contributed by atoms with E-state index >= 15 is 0 Å². The van der Waals surface area contributed by atoms with Gasteiger partial charge in [-0.25, -0.2) is 13.4 Å². The summed E-state index contributed by atoms with van der Waals surface area (Å²) < 4.78 is 24.0. The minimum absolute atomic E-state index is 0.0681. The van der Waals surface area contributed by atoms with Gasteiger partial charge in [-0.3, -0.25) is 0 Å². The monoisotopic (exact) mass is 330 g/mol. The third-order valence-corrected chi connectivity index (χ3v) is 6.18. The molecule has 2 heterocycles. The van der Waals surface area contributed by atoms with E-state index in [9.17, 15) is 13.5 Å². The Morgan fingerprint density at radius 1 is 1.48 bits per heavy atom. The molecule has 0 bridgehead atoms. The summed E-state index contributed by atoms with van der Waals surface area (Å²) >= 11 is 1.65. The summed E-state index contributed by atoms with van der Waals surface area (Å²) in [5.41, 5.74) is 1.65. The third kappa shape index (κ3) is 3.90. The second-order valence-corrected chi connectivity index (χ2v) is 8.98. The van der Waals surface area contributed by atoms with E-state index < -0.39 is 15.2 Å². The zero-order valence-corrected chi connectivity index (χ0v) is 14.2. The second-order valence-electron chi connectivity index (χ2n) is 5.62. The highest BCUT2D eigenvalue weighted by Gasteiger charge is 2.32. The van der Waals surface area contributed by atoms with Crippen LogP contribution in [-0.2, 0) is 16.4 Å². The molecule has 118 valence electrons. The maximum atomic E-state index is 12.0. The first kappa shape index (κ1) is 16.6. The Morgan fingerprint density at radius 3 is 2.76 bits per heavy atom. The fourth-order valence-electron chi connectivity index (χ4n) is 2.33. The molecule has 1 N–H and O–H groups in total. The summed E-state index contributed by atoms with van der Waals surface area (Å²) in [6.45, 7) is 4.66. The molecule has 1 saturated heterocycles. The molecule has 2 rings (SSSR count). The van der Waals surface area contributed by atoms with E-state index in [0.717, 1.165) is 17.0 Å². The topological polar surface area (TPSA) is 70.5 Å². The lowest BCUT2D eigenvalue weighted by Crippen LogP contribution is -2.47. The number of hydrogen-bond donors (Lipinski definition) is 1. The average molecular weight is 330 g/mol. The molecule has 1 aliphatic heterocycles.